The standard InChI is InChI=1S/C23H28N4O5/c1-23(2,3)32-21(29)25-13-12-24-20(28)26-27-22(30)31-14-19-17-10-6-4-8-15(17)16-9-5-7-11-18(16)19/h4-11,19H,12-14H2,1-3H3,(H,25,29)(H,27,30)(H2,24,26,28). The van der Waals surface area contributed by atoms with Crippen LogP contribution in [-0.2, 0) is 9.47 Å². The third-order valence-corrected chi connectivity index (χ3v) is 4.70. The van der Waals surface area contributed by atoms with E-state index < -0.39 is 23.8 Å². The second-order valence-electron chi connectivity index (χ2n) is 8.26. The molecule has 2 aromatic carbocycles. The van der Waals surface area contributed by atoms with E-state index in [4.69, 9.17) is 9.47 Å². The molecule has 1 aliphatic rings. The number of carbonyl (C=O) groups is 3. The van der Waals surface area contributed by atoms with Crippen LogP contribution in [0.2, 0.25) is 0 Å². The van der Waals surface area contributed by atoms with Gasteiger partial charge in [-0.1, -0.05) is 48.5 Å². The molecule has 0 aliphatic heterocycles. The SMILES string of the molecule is CC(C)(C)OC(=O)NCCNC(=O)NNC(=O)OCC1c2ccccc2-c2ccccc21. The van der Waals surface area contributed by atoms with E-state index in [0.29, 0.717) is 0 Å². The number of hydrazine groups is 1. The number of urea groups is 1. The molecule has 0 radical (unpaired) electrons. The number of hydrogen-bond acceptors (Lipinski definition) is 5. The molecule has 32 heavy (non-hydrogen) atoms. The van der Waals surface area contributed by atoms with Crippen LogP contribution in [-0.4, -0.2) is 43.5 Å². The van der Waals surface area contributed by atoms with Gasteiger partial charge in [0, 0.05) is 19.0 Å². The van der Waals surface area contributed by atoms with E-state index in [-0.39, 0.29) is 25.6 Å². The van der Waals surface area contributed by atoms with Crippen LogP contribution in [0.25, 0.3) is 11.1 Å². The minimum absolute atomic E-state index is 0.0686. The van der Waals surface area contributed by atoms with Crippen LogP contribution in [0, 0.1) is 0 Å². The molecule has 0 fully saturated rings. The predicted molar refractivity (Wildman–Crippen MR) is 119 cm³/mol. The number of benzene rings is 2. The summed E-state index contributed by atoms with van der Waals surface area (Å²) in [6.45, 7) is 5.74. The van der Waals surface area contributed by atoms with E-state index in [1.54, 1.807) is 20.8 Å². The van der Waals surface area contributed by atoms with Gasteiger partial charge in [-0.3, -0.25) is 0 Å². The van der Waals surface area contributed by atoms with Crippen molar-refractivity contribution in [1.82, 2.24) is 21.5 Å². The lowest BCUT2D eigenvalue weighted by atomic mass is 9.98. The molecule has 170 valence electrons. The fourth-order valence-electron chi connectivity index (χ4n) is 3.44. The number of hydrogen-bond donors (Lipinski definition) is 4. The largest absolute Gasteiger partial charge is 0.447 e. The van der Waals surface area contributed by atoms with E-state index in [1.165, 1.54) is 0 Å². The Kier molecular flexibility index (Phi) is 7.19. The highest BCUT2D eigenvalue weighted by atomic mass is 16.6. The first-order chi connectivity index (χ1) is 15.2. The van der Waals surface area contributed by atoms with E-state index in [1.807, 2.05) is 36.4 Å². The molecule has 0 bridgehead atoms. The predicted octanol–water partition coefficient (Wildman–Crippen LogP) is 3.26. The Morgan fingerprint density at radius 1 is 0.812 bits per heavy atom. The summed E-state index contributed by atoms with van der Waals surface area (Å²) in [5.41, 5.74) is 8.28. The van der Waals surface area contributed by atoms with Gasteiger partial charge in [0.15, 0.2) is 0 Å². The zero-order valence-corrected chi connectivity index (χ0v) is 18.4. The molecular weight excluding hydrogens is 412 g/mol. The lowest BCUT2D eigenvalue weighted by Crippen LogP contribution is -2.48. The van der Waals surface area contributed by atoms with Crippen molar-refractivity contribution in [1.29, 1.82) is 0 Å². The highest BCUT2D eigenvalue weighted by Gasteiger charge is 2.29. The molecule has 0 spiro atoms. The second-order valence-corrected chi connectivity index (χ2v) is 8.26. The Labute approximate surface area is 186 Å². The fraction of sp³-hybridized carbons (Fsp3) is 0.348. The first-order valence-corrected chi connectivity index (χ1v) is 10.4. The fourth-order valence-corrected chi connectivity index (χ4v) is 3.44. The molecule has 4 N–H and O–H groups in total. The third kappa shape index (κ3) is 6.13. The van der Waals surface area contributed by atoms with Crippen molar-refractivity contribution in [3.63, 3.8) is 0 Å². The van der Waals surface area contributed by atoms with Crippen molar-refractivity contribution in [2.45, 2.75) is 32.3 Å². The molecule has 0 heterocycles. The molecular formula is C23H28N4O5. The van der Waals surface area contributed by atoms with Crippen LogP contribution in [0.15, 0.2) is 48.5 Å². The van der Waals surface area contributed by atoms with Crippen LogP contribution in [0.3, 0.4) is 0 Å². The average molecular weight is 441 g/mol. The number of fused-ring (bicyclic) bond motifs is 3. The molecule has 0 unspecified atom stereocenters. The van der Waals surface area contributed by atoms with Crippen molar-refractivity contribution >= 4 is 18.2 Å². The molecule has 0 saturated carbocycles. The van der Waals surface area contributed by atoms with Crippen molar-refractivity contribution in [3.05, 3.63) is 59.7 Å². The Hall–Kier alpha value is -3.75. The molecule has 4 amide bonds. The van der Waals surface area contributed by atoms with Gasteiger partial charge in [-0.2, -0.15) is 0 Å². The van der Waals surface area contributed by atoms with Crippen molar-refractivity contribution < 1.29 is 23.9 Å². The summed E-state index contributed by atoms with van der Waals surface area (Å²) in [6, 6.07) is 15.4. The quantitative estimate of drug-likeness (QED) is 0.420. The summed E-state index contributed by atoms with van der Waals surface area (Å²) >= 11 is 0. The lowest BCUT2D eigenvalue weighted by molar-refractivity contribution is 0.0528. The van der Waals surface area contributed by atoms with Gasteiger partial charge in [0.25, 0.3) is 0 Å². The zero-order valence-electron chi connectivity index (χ0n) is 18.4. The number of ether oxygens (including phenoxy) is 2. The summed E-state index contributed by atoms with van der Waals surface area (Å²) in [6.07, 6.45) is -1.34. The van der Waals surface area contributed by atoms with Crippen molar-refractivity contribution in [3.8, 4) is 11.1 Å². The van der Waals surface area contributed by atoms with Gasteiger partial charge in [0.2, 0.25) is 0 Å². The minimum atomic E-state index is -0.770. The molecule has 0 saturated heterocycles. The Morgan fingerprint density at radius 3 is 1.97 bits per heavy atom. The molecule has 0 aromatic heterocycles. The second kappa shape index (κ2) is 10.0. The van der Waals surface area contributed by atoms with E-state index in [2.05, 4.69) is 33.6 Å². The third-order valence-electron chi connectivity index (χ3n) is 4.70. The van der Waals surface area contributed by atoms with Crippen molar-refractivity contribution in [2.24, 2.45) is 0 Å². The van der Waals surface area contributed by atoms with Gasteiger partial charge in [-0.15, -0.1) is 0 Å². The number of carbonyl (C=O) groups excluding carboxylic acids is 3. The number of alkyl carbamates (subject to hydrolysis) is 1. The minimum Gasteiger partial charge on any atom is -0.447 e. The van der Waals surface area contributed by atoms with Crippen LogP contribution in [0.4, 0.5) is 14.4 Å². The summed E-state index contributed by atoms with van der Waals surface area (Å²) in [4.78, 5) is 35.3. The van der Waals surface area contributed by atoms with Gasteiger partial charge >= 0.3 is 18.2 Å². The number of rotatable bonds is 5. The number of amides is 4. The van der Waals surface area contributed by atoms with Crippen LogP contribution >= 0.6 is 0 Å². The highest BCUT2D eigenvalue weighted by Crippen LogP contribution is 2.44. The Balaban J connectivity index is 1.38. The first kappa shape index (κ1) is 22.9. The summed E-state index contributed by atoms with van der Waals surface area (Å²) in [7, 11) is 0. The Bertz CT molecular complexity index is 941. The maximum Gasteiger partial charge on any atom is 0.426 e. The summed E-state index contributed by atoms with van der Waals surface area (Å²) < 4.78 is 10.4. The normalized spacial score (nSPS) is 12.2. The monoisotopic (exact) mass is 440 g/mol. The van der Waals surface area contributed by atoms with Gasteiger partial charge in [0.1, 0.15) is 12.2 Å². The van der Waals surface area contributed by atoms with E-state index >= 15 is 0 Å². The maximum absolute atomic E-state index is 12.0. The van der Waals surface area contributed by atoms with Crippen LogP contribution in [0.1, 0.15) is 37.8 Å². The molecule has 9 nitrogen and oxygen atoms in total. The summed E-state index contributed by atoms with van der Waals surface area (Å²) in [5, 5.41) is 5.00. The van der Waals surface area contributed by atoms with Crippen molar-refractivity contribution in [2.75, 3.05) is 19.7 Å². The van der Waals surface area contributed by atoms with Crippen LogP contribution < -0.4 is 21.5 Å². The van der Waals surface area contributed by atoms with E-state index in [9.17, 15) is 14.4 Å². The van der Waals surface area contributed by atoms with E-state index in [0.717, 1.165) is 22.3 Å². The lowest BCUT2D eigenvalue weighted by Gasteiger charge is -2.19. The Morgan fingerprint density at radius 2 is 1.38 bits per heavy atom. The smallest absolute Gasteiger partial charge is 0.426 e. The summed E-state index contributed by atoms with van der Waals surface area (Å²) in [5.74, 6) is -0.0686. The van der Waals surface area contributed by atoms with Gasteiger partial charge in [0.05, 0.1) is 0 Å². The zero-order chi connectivity index (χ0) is 23.1. The van der Waals surface area contributed by atoms with Gasteiger partial charge in [-0.05, 0) is 43.0 Å². The first-order valence-electron chi connectivity index (χ1n) is 10.4. The van der Waals surface area contributed by atoms with Crippen LogP contribution in [0.5, 0.6) is 0 Å². The molecule has 1 aliphatic carbocycles. The topological polar surface area (TPSA) is 118 Å². The maximum atomic E-state index is 12.0. The average Bonchev–Trinajstić information content (AvgIpc) is 3.06. The van der Waals surface area contributed by atoms with Gasteiger partial charge < -0.3 is 20.1 Å². The molecule has 0 atom stereocenters. The van der Waals surface area contributed by atoms with Gasteiger partial charge in [-0.25, -0.2) is 25.2 Å². The molecule has 3 rings (SSSR count). The number of nitrogens with one attached hydrogen (secondary N) is 4. The molecule has 2 aromatic rings. The highest BCUT2D eigenvalue weighted by molar-refractivity contribution is 5.80. The molecule has 9 heteroatoms.